The molecule has 2 atom stereocenters. The third-order valence-electron chi connectivity index (χ3n) is 2.99. The molecule has 1 aromatic rings. The van der Waals surface area contributed by atoms with Gasteiger partial charge in [-0.15, -0.1) is 0 Å². The number of likely N-dealkylation sites (N-methyl/N-ethyl adjacent to an activating group) is 1. The van der Waals surface area contributed by atoms with Crippen LogP contribution in [-0.4, -0.2) is 24.6 Å². The van der Waals surface area contributed by atoms with Crippen molar-refractivity contribution in [2.75, 3.05) is 6.54 Å². The molecule has 0 aliphatic rings. The van der Waals surface area contributed by atoms with Crippen molar-refractivity contribution < 1.29 is 13.9 Å². The second-order valence-electron chi connectivity index (χ2n) is 4.82. The standard InChI is InChI=1S/C15H23FN2O2/c1-4-13(17)7-11-6-12(16)9-14(8-11)20-10(3)15(19)18-5-2/h6,8-10,13H,4-5,7,17H2,1-3H3,(H,18,19). The molecule has 0 aliphatic heterocycles. The molecular formula is C15H23FN2O2. The number of carbonyl (C=O) groups is 1. The predicted octanol–water partition coefficient (Wildman–Crippen LogP) is 2.01. The molecule has 0 saturated carbocycles. The summed E-state index contributed by atoms with van der Waals surface area (Å²) in [5.74, 6) is -0.255. The summed E-state index contributed by atoms with van der Waals surface area (Å²) in [4.78, 5) is 11.6. The Balaban J connectivity index is 2.77. The van der Waals surface area contributed by atoms with Gasteiger partial charge >= 0.3 is 0 Å². The number of hydrogen-bond donors (Lipinski definition) is 2. The Morgan fingerprint density at radius 3 is 2.70 bits per heavy atom. The molecule has 0 radical (unpaired) electrons. The zero-order valence-electron chi connectivity index (χ0n) is 12.3. The molecule has 0 heterocycles. The fraction of sp³-hybridized carbons (Fsp3) is 0.533. The predicted molar refractivity (Wildman–Crippen MR) is 77.1 cm³/mol. The van der Waals surface area contributed by atoms with Crippen molar-refractivity contribution in [2.45, 2.75) is 45.8 Å². The zero-order valence-corrected chi connectivity index (χ0v) is 12.3. The van der Waals surface area contributed by atoms with Crippen LogP contribution in [0.5, 0.6) is 5.75 Å². The maximum Gasteiger partial charge on any atom is 0.260 e. The van der Waals surface area contributed by atoms with Crippen LogP contribution in [0, 0.1) is 5.82 Å². The molecule has 0 bridgehead atoms. The summed E-state index contributed by atoms with van der Waals surface area (Å²) in [7, 11) is 0. The van der Waals surface area contributed by atoms with Gasteiger partial charge in [-0.05, 0) is 44.4 Å². The lowest BCUT2D eigenvalue weighted by Gasteiger charge is -2.16. The molecule has 20 heavy (non-hydrogen) atoms. The quantitative estimate of drug-likeness (QED) is 0.804. The molecule has 0 fully saturated rings. The normalized spacial score (nSPS) is 13.7. The van der Waals surface area contributed by atoms with Gasteiger partial charge < -0.3 is 15.8 Å². The molecule has 112 valence electrons. The Hall–Kier alpha value is -1.62. The number of rotatable bonds is 7. The highest BCUT2D eigenvalue weighted by Crippen LogP contribution is 2.19. The lowest BCUT2D eigenvalue weighted by Crippen LogP contribution is -2.36. The summed E-state index contributed by atoms with van der Waals surface area (Å²) >= 11 is 0. The molecule has 1 amide bonds. The van der Waals surface area contributed by atoms with Crippen molar-refractivity contribution in [3.8, 4) is 5.75 Å². The van der Waals surface area contributed by atoms with Gasteiger partial charge in [0.1, 0.15) is 11.6 Å². The van der Waals surface area contributed by atoms with Gasteiger partial charge in [-0.1, -0.05) is 6.92 Å². The van der Waals surface area contributed by atoms with Crippen LogP contribution in [0.15, 0.2) is 18.2 Å². The first-order valence-corrected chi connectivity index (χ1v) is 6.95. The van der Waals surface area contributed by atoms with E-state index in [1.54, 1.807) is 13.0 Å². The first-order valence-electron chi connectivity index (χ1n) is 6.95. The highest BCUT2D eigenvalue weighted by molar-refractivity contribution is 5.80. The SMILES string of the molecule is CCNC(=O)C(C)Oc1cc(F)cc(CC(N)CC)c1. The second kappa shape index (κ2) is 7.85. The van der Waals surface area contributed by atoms with Gasteiger partial charge in [0, 0.05) is 18.7 Å². The number of amides is 1. The van der Waals surface area contributed by atoms with Crippen molar-refractivity contribution in [3.05, 3.63) is 29.6 Å². The highest BCUT2D eigenvalue weighted by atomic mass is 19.1. The minimum atomic E-state index is -0.663. The molecule has 3 N–H and O–H groups in total. The van der Waals surface area contributed by atoms with E-state index >= 15 is 0 Å². The van der Waals surface area contributed by atoms with E-state index in [1.165, 1.54) is 12.1 Å². The van der Waals surface area contributed by atoms with E-state index in [9.17, 15) is 9.18 Å². The van der Waals surface area contributed by atoms with Gasteiger partial charge in [-0.2, -0.15) is 0 Å². The molecule has 5 heteroatoms. The molecule has 0 aliphatic carbocycles. The fourth-order valence-corrected chi connectivity index (χ4v) is 1.83. The van der Waals surface area contributed by atoms with Crippen LogP contribution in [0.3, 0.4) is 0 Å². The average molecular weight is 282 g/mol. The largest absolute Gasteiger partial charge is 0.481 e. The van der Waals surface area contributed by atoms with E-state index in [4.69, 9.17) is 10.5 Å². The molecule has 2 unspecified atom stereocenters. The van der Waals surface area contributed by atoms with Gasteiger partial charge in [0.25, 0.3) is 5.91 Å². The van der Waals surface area contributed by atoms with Gasteiger partial charge in [-0.25, -0.2) is 4.39 Å². The number of halogens is 1. The Kier molecular flexibility index (Phi) is 6.45. The monoisotopic (exact) mass is 282 g/mol. The Morgan fingerprint density at radius 1 is 1.40 bits per heavy atom. The van der Waals surface area contributed by atoms with Crippen molar-refractivity contribution in [3.63, 3.8) is 0 Å². The summed E-state index contributed by atoms with van der Waals surface area (Å²) < 4.78 is 19.0. The van der Waals surface area contributed by atoms with Gasteiger partial charge in [0.2, 0.25) is 0 Å². The molecule has 0 spiro atoms. The maximum atomic E-state index is 13.6. The molecule has 4 nitrogen and oxygen atoms in total. The van der Waals surface area contributed by atoms with Gasteiger partial charge in [0.05, 0.1) is 0 Å². The van der Waals surface area contributed by atoms with Crippen molar-refractivity contribution >= 4 is 5.91 Å². The van der Waals surface area contributed by atoms with Crippen LogP contribution in [0.4, 0.5) is 4.39 Å². The molecule has 1 aromatic carbocycles. The van der Waals surface area contributed by atoms with E-state index in [-0.39, 0.29) is 17.8 Å². The third kappa shape index (κ3) is 5.17. The zero-order chi connectivity index (χ0) is 15.1. The molecular weight excluding hydrogens is 259 g/mol. The Labute approximate surface area is 119 Å². The van der Waals surface area contributed by atoms with Crippen LogP contribution in [0.25, 0.3) is 0 Å². The number of ether oxygens (including phenoxy) is 1. The van der Waals surface area contributed by atoms with Crippen LogP contribution >= 0.6 is 0 Å². The summed E-state index contributed by atoms with van der Waals surface area (Å²) in [5.41, 5.74) is 6.64. The number of nitrogens with two attached hydrogens (primary N) is 1. The van der Waals surface area contributed by atoms with Gasteiger partial charge in [-0.3, -0.25) is 4.79 Å². The van der Waals surface area contributed by atoms with Crippen LogP contribution in [0.2, 0.25) is 0 Å². The maximum absolute atomic E-state index is 13.6. The van der Waals surface area contributed by atoms with Crippen LogP contribution < -0.4 is 15.8 Å². The van der Waals surface area contributed by atoms with Crippen LogP contribution in [-0.2, 0) is 11.2 Å². The van der Waals surface area contributed by atoms with E-state index in [0.29, 0.717) is 18.7 Å². The first-order chi connectivity index (χ1) is 9.46. The topological polar surface area (TPSA) is 64.3 Å². The summed E-state index contributed by atoms with van der Waals surface area (Å²) in [5, 5.41) is 2.66. The van der Waals surface area contributed by atoms with Crippen molar-refractivity contribution in [1.29, 1.82) is 0 Å². The first kappa shape index (κ1) is 16.4. The lowest BCUT2D eigenvalue weighted by molar-refractivity contribution is -0.127. The van der Waals surface area contributed by atoms with Crippen LogP contribution in [0.1, 0.15) is 32.8 Å². The number of benzene rings is 1. The molecule has 0 saturated heterocycles. The Morgan fingerprint density at radius 2 is 2.10 bits per heavy atom. The average Bonchev–Trinajstić information content (AvgIpc) is 2.38. The highest BCUT2D eigenvalue weighted by Gasteiger charge is 2.14. The minimum Gasteiger partial charge on any atom is -0.481 e. The summed E-state index contributed by atoms with van der Waals surface area (Å²) in [6, 6.07) is 4.44. The molecule has 1 rings (SSSR count). The summed E-state index contributed by atoms with van der Waals surface area (Å²) in [6.07, 6.45) is 0.742. The van der Waals surface area contributed by atoms with E-state index in [2.05, 4.69) is 5.32 Å². The van der Waals surface area contributed by atoms with Crippen molar-refractivity contribution in [1.82, 2.24) is 5.32 Å². The van der Waals surface area contributed by atoms with Gasteiger partial charge in [0.15, 0.2) is 6.10 Å². The van der Waals surface area contributed by atoms with E-state index in [0.717, 1.165) is 12.0 Å². The van der Waals surface area contributed by atoms with E-state index in [1.807, 2.05) is 13.8 Å². The number of nitrogens with one attached hydrogen (secondary N) is 1. The Bertz CT molecular complexity index is 451. The third-order valence-corrected chi connectivity index (χ3v) is 2.99. The number of carbonyl (C=O) groups excluding carboxylic acids is 1. The molecule has 0 aromatic heterocycles. The smallest absolute Gasteiger partial charge is 0.260 e. The second-order valence-corrected chi connectivity index (χ2v) is 4.82. The minimum absolute atomic E-state index is 0.00883. The van der Waals surface area contributed by atoms with E-state index < -0.39 is 6.10 Å². The summed E-state index contributed by atoms with van der Waals surface area (Å²) in [6.45, 7) is 5.98. The lowest BCUT2D eigenvalue weighted by atomic mass is 10.0. The fourth-order valence-electron chi connectivity index (χ4n) is 1.83. The number of hydrogen-bond acceptors (Lipinski definition) is 3. The van der Waals surface area contributed by atoms with Crippen molar-refractivity contribution in [2.24, 2.45) is 5.73 Å².